The fraction of sp³-hybridized carbons (Fsp3) is 0.429. The summed E-state index contributed by atoms with van der Waals surface area (Å²) < 4.78 is 0.388. The van der Waals surface area contributed by atoms with E-state index < -0.39 is 0 Å². The van der Waals surface area contributed by atoms with Crippen LogP contribution in [0.5, 0.6) is 0 Å². The van der Waals surface area contributed by atoms with Gasteiger partial charge in [0.05, 0.1) is 3.42 Å². The Balaban J connectivity index is 2.35. The highest BCUT2D eigenvalue weighted by Gasteiger charge is 2.41. The van der Waals surface area contributed by atoms with E-state index in [1.165, 1.54) is 18.4 Å². The summed E-state index contributed by atoms with van der Waals surface area (Å²) in [4.78, 5) is 7.95. The van der Waals surface area contributed by atoms with Gasteiger partial charge in [-0.15, -0.1) is 0 Å². The van der Waals surface area contributed by atoms with Crippen molar-refractivity contribution in [3.05, 3.63) is 24.3 Å². The molecular formula is C7H7IN2. The Kier molecular flexibility index (Phi) is 1.40. The predicted octanol–water partition coefficient (Wildman–Crippen LogP) is 1.90. The van der Waals surface area contributed by atoms with Crippen LogP contribution in [0.2, 0.25) is 0 Å². The lowest BCUT2D eigenvalue weighted by atomic mass is 10.2. The van der Waals surface area contributed by atoms with Gasteiger partial charge >= 0.3 is 0 Å². The molecule has 10 heavy (non-hydrogen) atoms. The molecule has 0 radical (unpaired) electrons. The van der Waals surface area contributed by atoms with Crippen LogP contribution in [0, 0.1) is 0 Å². The molecule has 1 aliphatic rings. The zero-order valence-corrected chi connectivity index (χ0v) is 7.58. The minimum Gasteiger partial charge on any atom is -0.244 e. The molecule has 1 aromatic rings. The van der Waals surface area contributed by atoms with E-state index in [9.17, 15) is 0 Å². The van der Waals surface area contributed by atoms with Crippen LogP contribution in [0.15, 0.2) is 18.7 Å². The summed E-state index contributed by atoms with van der Waals surface area (Å²) in [5, 5.41) is 0. The van der Waals surface area contributed by atoms with E-state index in [2.05, 4.69) is 32.6 Å². The predicted molar refractivity (Wildman–Crippen MR) is 47.0 cm³/mol. The van der Waals surface area contributed by atoms with E-state index in [1.54, 1.807) is 6.33 Å². The van der Waals surface area contributed by atoms with E-state index in [4.69, 9.17) is 0 Å². The van der Waals surface area contributed by atoms with Crippen molar-refractivity contribution in [1.82, 2.24) is 9.97 Å². The SMILES string of the molecule is IC1(c2cncnc2)CC1. The van der Waals surface area contributed by atoms with Gasteiger partial charge in [-0.05, 0) is 12.8 Å². The molecule has 1 heterocycles. The molecule has 0 aromatic carbocycles. The second kappa shape index (κ2) is 2.15. The molecule has 0 saturated heterocycles. The number of nitrogens with zero attached hydrogens (tertiary/aromatic N) is 2. The molecule has 2 rings (SSSR count). The Bertz CT molecular complexity index is 231. The second-order valence-electron chi connectivity index (χ2n) is 2.59. The first-order chi connectivity index (χ1) is 4.81. The molecular weight excluding hydrogens is 239 g/mol. The first kappa shape index (κ1) is 6.52. The maximum Gasteiger partial charge on any atom is 0.115 e. The van der Waals surface area contributed by atoms with E-state index in [-0.39, 0.29) is 0 Å². The summed E-state index contributed by atoms with van der Waals surface area (Å²) in [7, 11) is 0. The molecule has 3 heteroatoms. The van der Waals surface area contributed by atoms with Crippen molar-refractivity contribution in [2.24, 2.45) is 0 Å². The topological polar surface area (TPSA) is 25.8 Å². The van der Waals surface area contributed by atoms with Crippen molar-refractivity contribution in [3.8, 4) is 0 Å². The van der Waals surface area contributed by atoms with Gasteiger partial charge in [-0.2, -0.15) is 0 Å². The highest BCUT2D eigenvalue weighted by atomic mass is 127. The molecule has 0 aliphatic heterocycles. The molecule has 2 nitrogen and oxygen atoms in total. The van der Waals surface area contributed by atoms with Gasteiger partial charge in [0.25, 0.3) is 0 Å². The second-order valence-corrected chi connectivity index (χ2v) is 4.66. The Morgan fingerprint density at radius 1 is 1.30 bits per heavy atom. The van der Waals surface area contributed by atoms with Gasteiger partial charge < -0.3 is 0 Å². The Morgan fingerprint density at radius 2 is 1.90 bits per heavy atom. The lowest BCUT2D eigenvalue weighted by Crippen LogP contribution is -1.95. The largest absolute Gasteiger partial charge is 0.244 e. The van der Waals surface area contributed by atoms with Crippen molar-refractivity contribution < 1.29 is 0 Å². The molecule has 0 atom stereocenters. The van der Waals surface area contributed by atoms with Crippen molar-refractivity contribution in [3.63, 3.8) is 0 Å². The fourth-order valence-electron chi connectivity index (χ4n) is 0.929. The average Bonchev–Trinajstić information content (AvgIpc) is 2.72. The summed E-state index contributed by atoms with van der Waals surface area (Å²) in [6.45, 7) is 0. The lowest BCUT2D eigenvalue weighted by Gasteiger charge is -2.02. The van der Waals surface area contributed by atoms with Crippen molar-refractivity contribution in [2.75, 3.05) is 0 Å². The van der Waals surface area contributed by atoms with Gasteiger partial charge in [0.2, 0.25) is 0 Å². The number of hydrogen-bond donors (Lipinski definition) is 0. The van der Waals surface area contributed by atoms with Gasteiger partial charge in [0.1, 0.15) is 6.33 Å². The molecule has 0 unspecified atom stereocenters. The van der Waals surface area contributed by atoms with E-state index in [1.807, 2.05) is 12.4 Å². The number of alkyl halides is 1. The minimum absolute atomic E-state index is 0.388. The smallest absolute Gasteiger partial charge is 0.115 e. The molecule has 1 aromatic heterocycles. The van der Waals surface area contributed by atoms with Crippen LogP contribution in [-0.4, -0.2) is 9.97 Å². The zero-order chi connectivity index (χ0) is 7.03. The molecule has 0 spiro atoms. The number of halogens is 1. The van der Waals surface area contributed by atoms with Gasteiger partial charge in [0, 0.05) is 18.0 Å². The van der Waals surface area contributed by atoms with Gasteiger partial charge in [-0.1, -0.05) is 22.6 Å². The van der Waals surface area contributed by atoms with Gasteiger partial charge in [-0.25, -0.2) is 9.97 Å². The number of aromatic nitrogens is 2. The van der Waals surface area contributed by atoms with Crippen LogP contribution >= 0.6 is 22.6 Å². The van der Waals surface area contributed by atoms with Crippen LogP contribution in [0.25, 0.3) is 0 Å². The Morgan fingerprint density at radius 3 is 2.40 bits per heavy atom. The van der Waals surface area contributed by atoms with E-state index in [0.29, 0.717) is 3.42 Å². The maximum atomic E-state index is 3.98. The molecule has 1 fully saturated rings. The van der Waals surface area contributed by atoms with Gasteiger partial charge in [-0.3, -0.25) is 0 Å². The van der Waals surface area contributed by atoms with Crippen molar-refractivity contribution in [2.45, 2.75) is 16.3 Å². The average molecular weight is 246 g/mol. The third kappa shape index (κ3) is 1.02. The van der Waals surface area contributed by atoms with E-state index >= 15 is 0 Å². The van der Waals surface area contributed by atoms with Crippen molar-refractivity contribution in [1.29, 1.82) is 0 Å². The zero-order valence-electron chi connectivity index (χ0n) is 5.42. The number of hydrogen-bond acceptors (Lipinski definition) is 2. The number of rotatable bonds is 1. The summed E-state index contributed by atoms with van der Waals surface area (Å²) >= 11 is 2.47. The van der Waals surface area contributed by atoms with Crippen LogP contribution in [0.1, 0.15) is 18.4 Å². The summed E-state index contributed by atoms with van der Waals surface area (Å²) in [6.07, 6.45) is 7.95. The fourth-order valence-corrected chi connectivity index (χ4v) is 1.48. The normalized spacial score (nSPS) is 20.5. The van der Waals surface area contributed by atoms with Crippen LogP contribution in [-0.2, 0) is 3.42 Å². The minimum atomic E-state index is 0.388. The standard InChI is InChI=1S/C7H7IN2/c8-7(1-2-7)6-3-9-5-10-4-6/h3-5H,1-2H2. The molecule has 1 saturated carbocycles. The highest BCUT2D eigenvalue weighted by molar-refractivity contribution is 14.1. The Hall–Kier alpha value is -0.190. The molecule has 0 amide bonds. The molecule has 1 aliphatic carbocycles. The molecule has 52 valence electrons. The monoisotopic (exact) mass is 246 g/mol. The third-order valence-corrected chi connectivity index (χ3v) is 3.47. The highest BCUT2D eigenvalue weighted by Crippen LogP contribution is 2.53. The first-order valence-electron chi connectivity index (χ1n) is 3.26. The summed E-state index contributed by atoms with van der Waals surface area (Å²) in [5.74, 6) is 0. The van der Waals surface area contributed by atoms with Gasteiger partial charge in [0.15, 0.2) is 0 Å². The molecule has 0 bridgehead atoms. The lowest BCUT2D eigenvalue weighted by molar-refractivity contribution is 1.01. The third-order valence-electron chi connectivity index (χ3n) is 1.77. The summed E-state index contributed by atoms with van der Waals surface area (Å²) in [6, 6.07) is 0. The van der Waals surface area contributed by atoms with E-state index in [0.717, 1.165) is 0 Å². The summed E-state index contributed by atoms with van der Waals surface area (Å²) in [5.41, 5.74) is 1.27. The molecule has 0 N–H and O–H groups in total. The first-order valence-corrected chi connectivity index (χ1v) is 4.33. The van der Waals surface area contributed by atoms with Crippen LogP contribution in [0.4, 0.5) is 0 Å². The maximum absolute atomic E-state index is 3.98. The van der Waals surface area contributed by atoms with Crippen LogP contribution < -0.4 is 0 Å². The van der Waals surface area contributed by atoms with Crippen molar-refractivity contribution >= 4 is 22.6 Å². The van der Waals surface area contributed by atoms with Crippen LogP contribution in [0.3, 0.4) is 0 Å². The quantitative estimate of drug-likeness (QED) is 0.558. The Labute approximate surface area is 73.2 Å².